The van der Waals surface area contributed by atoms with Crippen molar-refractivity contribution in [3.8, 4) is 0 Å². The van der Waals surface area contributed by atoms with Crippen molar-refractivity contribution in [3.05, 3.63) is 23.5 Å². The molecular formula is C31H44O5. The highest BCUT2D eigenvalue weighted by Crippen LogP contribution is 2.74. The normalized spacial score (nSPS) is 52.2. The molecule has 5 aliphatic rings. The number of fused-ring (bicyclic) bond motifs is 7. The van der Waals surface area contributed by atoms with Crippen molar-refractivity contribution < 1.29 is 24.2 Å². The van der Waals surface area contributed by atoms with Gasteiger partial charge in [-0.1, -0.05) is 47.1 Å². The number of esters is 1. The van der Waals surface area contributed by atoms with E-state index in [0.717, 1.165) is 19.3 Å². The standard InChI is InChI=1S/C31H44O5/c1-17-9-11-27(3)13-14-29(5)19(23(27)18(17)2)15-20(32)24-28(4)16-21(33)25(34)31(7,26(35)36-8)22(28)10-12-30(24,29)6/h15-18,22-24,33H,9-14H2,1-8H3/t17-,18+,22-,23+,24-,27-,28+,29-,30-,31-/m1/s1. The molecule has 0 aromatic rings. The molecule has 3 fully saturated rings. The van der Waals surface area contributed by atoms with Crippen molar-refractivity contribution in [2.45, 2.75) is 87.0 Å². The lowest BCUT2D eigenvalue weighted by atomic mass is 9.34. The van der Waals surface area contributed by atoms with Gasteiger partial charge in [-0.3, -0.25) is 14.4 Å². The summed E-state index contributed by atoms with van der Waals surface area (Å²) in [5.74, 6) is -0.827. The molecule has 10 atom stereocenters. The smallest absolute Gasteiger partial charge is 0.319 e. The number of aliphatic hydroxyl groups is 1. The van der Waals surface area contributed by atoms with Crippen molar-refractivity contribution in [2.75, 3.05) is 7.11 Å². The van der Waals surface area contributed by atoms with Crippen LogP contribution in [0, 0.1) is 56.7 Å². The van der Waals surface area contributed by atoms with Crippen LogP contribution in [0.3, 0.4) is 0 Å². The average Bonchev–Trinajstić information content (AvgIpc) is 2.81. The Morgan fingerprint density at radius 3 is 2.31 bits per heavy atom. The number of carbonyl (C=O) groups excluding carboxylic acids is 3. The lowest BCUT2D eigenvalue weighted by Crippen LogP contribution is -2.67. The number of Topliss-reactive ketones (excluding diaryl/α,β-unsaturated/α-hetero) is 1. The molecule has 0 aromatic carbocycles. The second-order valence-electron chi connectivity index (χ2n) is 14.2. The van der Waals surface area contributed by atoms with Gasteiger partial charge < -0.3 is 9.84 Å². The van der Waals surface area contributed by atoms with E-state index >= 15 is 0 Å². The van der Waals surface area contributed by atoms with Crippen LogP contribution in [-0.4, -0.2) is 29.8 Å². The van der Waals surface area contributed by atoms with E-state index in [0.29, 0.717) is 24.2 Å². The monoisotopic (exact) mass is 496 g/mol. The van der Waals surface area contributed by atoms with Crippen molar-refractivity contribution in [2.24, 2.45) is 56.7 Å². The second-order valence-corrected chi connectivity index (χ2v) is 14.2. The lowest BCUT2D eigenvalue weighted by Gasteiger charge is -2.69. The molecule has 0 radical (unpaired) electrons. The largest absolute Gasteiger partial charge is 0.505 e. The van der Waals surface area contributed by atoms with Crippen LogP contribution in [0.4, 0.5) is 0 Å². The molecule has 0 unspecified atom stereocenters. The average molecular weight is 497 g/mol. The molecule has 0 heterocycles. The van der Waals surface area contributed by atoms with Crippen LogP contribution in [0.1, 0.15) is 87.0 Å². The summed E-state index contributed by atoms with van der Waals surface area (Å²) >= 11 is 0. The molecule has 5 rings (SSSR count). The van der Waals surface area contributed by atoms with E-state index in [1.807, 2.05) is 13.0 Å². The minimum absolute atomic E-state index is 0.0949. The number of aliphatic hydroxyl groups excluding tert-OH is 1. The Labute approximate surface area is 216 Å². The van der Waals surface area contributed by atoms with E-state index in [1.54, 1.807) is 13.0 Å². The van der Waals surface area contributed by atoms with Gasteiger partial charge in [-0.25, -0.2) is 0 Å². The van der Waals surface area contributed by atoms with Gasteiger partial charge in [0.2, 0.25) is 5.78 Å². The number of ether oxygens (including phenoxy) is 1. The van der Waals surface area contributed by atoms with Gasteiger partial charge >= 0.3 is 5.97 Å². The summed E-state index contributed by atoms with van der Waals surface area (Å²) in [6.45, 7) is 15.4. The molecule has 1 N–H and O–H groups in total. The number of methoxy groups -OCH3 is 1. The molecule has 0 amide bonds. The number of hydrogen-bond acceptors (Lipinski definition) is 5. The van der Waals surface area contributed by atoms with Crippen molar-refractivity contribution in [1.29, 1.82) is 0 Å². The third-order valence-electron chi connectivity index (χ3n) is 12.8. The third kappa shape index (κ3) is 2.81. The molecule has 0 aromatic heterocycles. The van der Waals surface area contributed by atoms with Crippen molar-refractivity contribution >= 4 is 17.5 Å². The highest BCUT2D eigenvalue weighted by atomic mass is 16.5. The number of allylic oxidation sites excluding steroid dienone is 4. The fourth-order valence-corrected chi connectivity index (χ4v) is 10.3. The molecule has 5 aliphatic carbocycles. The fraction of sp³-hybridized carbons (Fsp3) is 0.774. The Morgan fingerprint density at radius 2 is 1.67 bits per heavy atom. The van der Waals surface area contributed by atoms with E-state index in [2.05, 4.69) is 34.6 Å². The lowest BCUT2D eigenvalue weighted by molar-refractivity contribution is -0.186. The summed E-state index contributed by atoms with van der Waals surface area (Å²) in [6, 6.07) is 0. The molecule has 3 saturated carbocycles. The molecular weight excluding hydrogens is 452 g/mol. The molecule has 5 heteroatoms. The minimum atomic E-state index is -1.51. The van der Waals surface area contributed by atoms with Gasteiger partial charge in [0.05, 0.1) is 7.11 Å². The molecule has 0 bridgehead atoms. The van der Waals surface area contributed by atoms with Crippen LogP contribution in [0.5, 0.6) is 0 Å². The van der Waals surface area contributed by atoms with Gasteiger partial charge in [0.15, 0.2) is 11.5 Å². The van der Waals surface area contributed by atoms with E-state index in [1.165, 1.54) is 25.5 Å². The van der Waals surface area contributed by atoms with E-state index in [4.69, 9.17) is 4.74 Å². The number of hydrogen-bond donors (Lipinski definition) is 1. The summed E-state index contributed by atoms with van der Waals surface area (Å²) in [5.41, 5.74) is -1.26. The minimum Gasteiger partial charge on any atom is -0.505 e. The zero-order valence-electron chi connectivity index (χ0n) is 23.4. The topological polar surface area (TPSA) is 80.7 Å². The first-order valence-corrected chi connectivity index (χ1v) is 13.9. The maximum atomic E-state index is 14.3. The molecule has 36 heavy (non-hydrogen) atoms. The Kier molecular flexibility index (Phi) is 5.41. The molecule has 0 spiro atoms. The molecule has 0 saturated heterocycles. The zero-order chi connectivity index (χ0) is 26.6. The Morgan fingerprint density at radius 1 is 1.00 bits per heavy atom. The Balaban J connectivity index is 1.69. The second kappa shape index (κ2) is 7.57. The maximum Gasteiger partial charge on any atom is 0.319 e. The van der Waals surface area contributed by atoms with Crippen LogP contribution in [0.25, 0.3) is 0 Å². The maximum absolute atomic E-state index is 14.3. The van der Waals surface area contributed by atoms with Gasteiger partial charge in [0, 0.05) is 11.3 Å². The number of carbonyl (C=O) groups is 3. The fourth-order valence-electron chi connectivity index (χ4n) is 10.3. The first-order chi connectivity index (χ1) is 16.6. The van der Waals surface area contributed by atoms with Gasteiger partial charge in [0.25, 0.3) is 0 Å². The van der Waals surface area contributed by atoms with Gasteiger partial charge in [-0.2, -0.15) is 0 Å². The van der Waals surface area contributed by atoms with Gasteiger partial charge in [-0.05, 0) is 97.5 Å². The quantitative estimate of drug-likeness (QED) is 0.344. The van der Waals surface area contributed by atoms with E-state index in [-0.39, 0.29) is 22.0 Å². The van der Waals surface area contributed by atoms with Crippen LogP contribution in [-0.2, 0) is 19.1 Å². The number of rotatable bonds is 1. The van der Waals surface area contributed by atoms with Crippen LogP contribution >= 0.6 is 0 Å². The number of ketones is 2. The molecule has 0 aliphatic heterocycles. The van der Waals surface area contributed by atoms with Gasteiger partial charge in [-0.15, -0.1) is 0 Å². The SMILES string of the molecule is COC(=O)[C@@]1(C)C(=O)C(O)=C[C@]2(C)[C@H]3C(=O)C=C4[C@@H]5[C@@H](C)[C@H](C)CC[C@]5(C)CC[C@@]4(C)[C@]3(C)CC[C@@H]12. The summed E-state index contributed by atoms with van der Waals surface area (Å²) in [6.07, 6.45) is 9.64. The Hall–Kier alpha value is -1.91. The predicted octanol–water partition coefficient (Wildman–Crippen LogP) is 6.23. The summed E-state index contributed by atoms with van der Waals surface area (Å²) in [7, 11) is 1.29. The molecule has 198 valence electrons. The predicted molar refractivity (Wildman–Crippen MR) is 138 cm³/mol. The molecule has 5 nitrogen and oxygen atoms in total. The van der Waals surface area contributed by atoms with E-state index < -0.39 is 40.2 Å². The third-order valence-corrected chi connectivity index (χ3v) is 12.8. The van der Waals surface area contributed by atoms with Crippen LogP contribution < -0.4 is 0 Å². The summed E-state index contributed by atoms with van der Waals surface area (Å²) in [4.78, 5) is 40.5. The highest BCUT2D eigenvalue weighted by molar-refractivity contribution is 6.12. The first kappa shape index (κ1) is 25.7. The van der Waals surface area contributed by atoms with Crippen LogP contribution in [0.2, 0.25) is 0 Å². The van der Waals surface area contributed by atoms with Crippen molar-refractivity contribution in [1.82, 2.24) is 0 Å². The Bertz CT molecular complexity index is 1100. The van der Waals surface area contributed by atoms with E-state index in [9.17, 15) is 19.5 Å². The summed E-state index contributed by atoms with van der Waals surface area (Å²) < 4.78 is 5.10. The van der Waals surface area contributed by atoms with Gasteiger partial charge in [0.1, 0.15) is 5.41 Å². The highest BCUT2D eigenvalue weighted by Gasteiger charge is 2.72. The first-order valence-electron chi connectivity index (χ1n) is 13.9. The van der Waals surface area contributed by atoms with Crippen molar-refractivity contribution in [3.63, 3.8) is 0 Å². The summed E-state index contributed by atoms with van der Waals surface area (Å²) in [5, 5.41) is 10.8. The zero-order valence-corrected chi connectivity index (χ0v) is 23.4. The van der Waals surface area contributed by atoms with Crippen LogP contribution in [0.15, 0.2) is 23.5 Å².